The summed E-state index contributed by atoms with van der Waals surface area (Å²) in [7, 11) is 0. The van der Waals surface area contributed by atoms with Crippen LogP contribution < -0.4 is 10.6 Å². The molecule has 21 heavy (non-hydrogen) atoms. The predicted molar refractivity (Wildman–Crippen MR) is 88.5 cm³/mol. The van der Waals surface area contributed by atoms with Gasteiger partial charge in [-0.05, 0) is 39.9 Å². The first-order chi connectivity index (χ1) is 9.77. The van der Waals surface area contributed by atoms with Gasteiger partial charge in [0.15, 0.2) is 11.7 Å². The fourth-order valence-corrected chi connectivity index (χ4v) is 2.73. The van der Waals surface area contributed by atoms with Crippen LogP contribution in [0.3, 0.4) is 0 Å². The summed E-state index contributed by atoms with van der Waals surface area (Å²) in [6.07, 6.45) is 0. The Kier molecular flexibility index (Phi) is 6.45. The van der Waals surface area contributed by atoms with Crippen LogP contribution in [-0.2, 0) is 0 Å². The van der Waals surface area contributed by atoms with Crippen molar-refractivity contribution in [2.24, 2.45) is 22.7 Å². The molecule has 0 amide bonds. The van der Waals surface area contributed by atoms with Crippen molar-refractivity contribution in [3.63, 3.8) is 0 Å². The van der Waals surface area contributed by atoms with E-state index in [0.717, 1.165) is 13.1 Å². The van der Waals surface area contributed by atoms with Crippen molar-refractivity contribution in [3.8, 4) is 0 Å². The lowest BCUT2D eigenvalue weighted by molar-refractivity contribution is 0.318. The lowest BCUT2D eigenvalue weighted by atomic mass is 10.1. The van der Waals surface area contributed by atoms with Gasteiger partial charge in [-0.15, -0.1) is 0 Å². The second kappa shape index (κ2) is 7.64. The Morgan fingerprint density at radius 2 is 1.81 bits per heavy atom. The van der Waals surface area contributed by atoms with Gasteiger partial charge < -0.3 is 15.8 Å². The van der Waals surface area contributed by atoms with Crippen LogP contribution in [0.25, 0.3) is 0 Å². The number of hydrogen-bond donors (Lipinski definition) is 2. The van der Waals surface area contributed by atoms with Crippen LogP contribution in [0.15, 0.2) is 21.8 Å². The molecule has 0 atom stereocenters. The number of benzene rings is 1. The minimum absolute atomic E-state index is 0.119. The maximum Gasteiger partial charge on any atom is 0.171 e. The molecular formula is C15H23BrFN3O. The van der Waals surface area contributed by atoms with Crippen molar-refractivity contribution in [2.45, 2.75) is 27.7 Å². The number of nitrogens with zero attached hydrogens (tertiary/aromatic N) is 2. The highest BCUT2D eigenvalue weighted by Gasteiger charge is 2.19. The summed E-state index contributed by atoms with van der Waals surface area (Å²) < 4.78 is 14.8. The zero-order chi connectivity index (χ0) is 16.2. The number of halogens is 2. The lowest BCUT2D eigenvalue weighted by Crippen LogP contribution is -2.32. The molecule has 118 valence electrons. The average Bonchev–Trinajstić information content (AvgIpc) is 2.39. The normalized spacial score (nSPS) is 12.3. The zero-order valence-corrected chi connectivity index (χ0v) is 14.5. The van der Waals surface area contributed by atoms with Crippen LogP contribution >= 0.6 is 15.9 Å². The topological polar surface area (TPSA) is 61.8 Å². The highest BCUT2D eigenvalue weighted by Crippen LogP contribution is 2.30. The van der Waals surface area contributed by atoms with Crippen LogP contribution in [0.5, 0.6) is 0 Å². The Morgan fingerprint density at radius 1 is 1.29 bits per heavy atom. The monoisotopic (exact) mass is 359 g/mol. The van der Waals surface area contributed by atoms with Crippen molar-refractivity contribution in [3.05, 3.63) is 28.0 Å². The Morgan fingerprint density at radius 3 is 2.24 bits per heavy atom. The van der Waals surface area contributed by atoms with E-state index >= 15 is 0 Å². The van der Waals surface area contributed by atoms with E-state index in [1.807, 2.05) is 4.90 Å². The van der Waals surface area contributed by atoms with Gasteiger partial charge in [0.05, 0.1) is 10.2 Å². The second-order valence-electron chi connectivity index (χ2n) is 5.94. The van der Waals surface area contributed by atoms with Gasteiger partial charge in [-0.25, -0.2) is 4.39 Å². The van der Waals surface area contributed by atoms with Gasteiger partial charge in [-0.3, -0.25) is 0 Å². The predicted octanol–water partition coefficient (Wildman–Crippen LogP) is 3.80. The van der Waals surface area contributed by atoms with E-state index in [4.69, 9.17) is 10.9 Å². The fraction of sp³-hybridized carbons (Fsp3) is 0.533. The molecule has 0 aromatic heterocycles. The number of amidine groups is 1. The molecule has 4 nitrogen and oxygen atoms in total. The van der Waals surface area contributed by atoms with E-state index < -0.39 is 0 Å². The van der Waals surface area contributed by atoms with Crippen LogP contribution in [0, 0.1) is 17.7 Å². The van der Waals surface area contributed by atoms with Gasteiger partial charge in [0.25, 0.3) is 0 Å². The largest absolute Gasteiger partial charge is 0.409 e. The Balaban J connectivity index is 3.24. The molecule has 1 rings (SSSR count). The highest BCUT2D eigenvalue weighted by molar-refractivity contribution is 9.10. The summed E-state index contributed by atoms with van der Waals surface area (Å²) in [5, 5.41) is 11.6. The van der Waals surface area contributed by atoms with Crippen molar-refractivity contribution in [1.29, 1.82) is 0 Å². The molecule has 0 saturated carbocycles. The minimum Gasteiger partial charge on any atom is -0.409 e. The summed E-state index contributed by atoms with van der Waals surface area (Å²) in [5.74, 6) is 0.336. The molecule has 0 spiro atoms. The quantitative estimate of drug-likeness (QED) is 0.351. The van der Waals surface area contributed by atoms with Crippen LogP contribution in [0.1, 0.15) is 33.3 Å². The van der Waals surface area contributed by atoms with Crippen LogP contribution in [0.2, 0.25) is 0 Å². The summed E-state index contributed by atoms with van der Waals surface area (Å²) in [6.45, 7) is 9.95. The third kappa shape index (κ3) is 4.59. The molecule has 0 bridgehead atoms. The molecule has 0 radical (unpaired) electrons. The SMILES string of the molecule is CC(C)CN(CC(C)C)c1ccc(/C(N)=N/O)c(Br)c1F. The summed E-state index contributed by atoms with van der Waals surface area (Å²) >= 11 is 3.20. The number of anilines is 1. The average molecular weight is 360 g/mol. The third-order valence-corrected chi connectivity index (χ3v) is 3.73. The van der Waals surface area contributed by atoms with Gasteiger partial charge in [-0.1, -0.05) is 32.9 Å². The van der Waals surface area contributed by atoms with Gasteiger partial charge in [0.2, 0.25) is 0 Å². The maximum absolute atomic E-state index is 14.6. The third-order valence-electron chi connectivity index (χ3n) is 2.96. The molecule has 0 aliphatic carbocycles. The maximum atomic E-state index is 14.6. The van der Waals surface area contributed by atoms with Gasteiger partial charge >= 0.3 is 0 Å². The summed E-state index contributed by atoms with van der Waals surface area (Å²) in [5.41, 5.74) is 6.41. The molecule has 0 saturated heterocycles. The van der Waals surface area contributed by atoms with E-state index in [1.54, 1.807) is 12.1 Å². The number of nitrogens with two attached hydrogens (primary N) is 1. The lowest BCUT2D eigenvalue weighted by Gasteiger charge is -2.29. The first-order valence-corrected chi connectivity index (χ1v) is 7.78. The molecule has 0 aliphatic rings. The van der Waals surface area contributed by atoms with E-state index in [-0.39, 0.29) is 16.1 Å². The number of rotatable bonds is 6. The number of oxime groups is 1. The van der Waals surface area contributed by atoms with E-state index in [1.165, 1.54) is 0 Å². The van der Waals surface area contributed by atoms with Crippen molar-refractivity contribution >= 4 is 27.5 Å². The standard InChI is InChI=1S/C15H23BrFN3O/c1-9(2)7-20(8-10(3)4)12-6-5-11(15(18)19-21)13(16)14(12)17/h5-6,9-10,21H,7-8H2,1-4H3,(H2,18,19). The molecule has 3 N–H and O–H groups in total. The molecule has 6 heteroatoms. The smallest absolute Gasteiger partial charge is 0.171 e. The molecule has 1 aromatic rings. The van der Waals surface area contributed by atoms with Gasteiger partial charge in [0.1, 0.15) is 0 Å². The Labute approximate surface area is 133 Å². The van der Waals surface area contributed by atoms with Crippen LogP contribution in [-0.4, -0.2) is 24.1 Å². The minimum atomic E-state index is -0.389. The fourth-order valence-electron chi connectivity index (χ4n) is 2.19. The summed E-state index contributed by atoms with van der Waals surface area (Å²) in [6, 6.07) is 3.34. The van der Waals surface area contributed by atoms with Gasteiger partial charge in [0, 0.05) is 18.7 Å². The number of hydrogen-bond acceptors (Lipinski definition) is 3. The van der Waals surface area contributed by atoms with Crippen molar-refractivity contribution < 1.29 is 9.60 Å². The van der Waals surface area contributed by atoms with E-state index in [9.17, 15) is 4.39 Å². The van der Waals surface area contributed by atoms with Crippen molar-refractivity contribution in [1.82, 2.24) is 0 Å². The molecule has 0 aliphatic heterocycles. The molecular weight excluding hydrogens is 337 g/mol. The zero-order valence-electron chi connectivity index (χ0n) is 12.9. The van der Waals surface area contributed by atoms with Crippen molar-refractivity contribution in [2.75, 3.05) is 18.0 Å². The van der Waals surface area contributed by atoms with Gasteiger partial charge in [-0.2, -0.15) is 0 Å². The van der Waals surface area contributed by atoms with E-state index in [2.05, 4.69) is 48.8 Å². The first-order valence-electron chi connectivity index (χ1n) is 6.98. The molecule has 0 unspecified atom stereocenters. The Bertz CT molecular complexity index is 508. The first kappa shape index (κ1) is 17.8. The molecule has 0 fully saturated rings. The second-order valence-corrected chi connectivity index (χ2v) is 6.73. The Hall–Kier alpha value is -1.30. The van der Waals surface area contributed by atoms with Crippen LogP contribution in [0.4, 0.5) is 10.1 Å². The molecule has 1 aromatic carbocycles. The molecule has 0 heterocycles. The highest BCUT2D eigenvalue weighted by atomic mass is 79.9. The summed E-state index contributed by atoms with van der Waals surface area (Å²) in [4.78, 5) is 2.03. The van der Waals surface area contributed by atoms with E-state index in [0.29, 0.717) is 23.1 Å².